The average molecular weight is 239 g/mol. The minimum atomic E-state index is 0.269. The van der Waals surface area contributed by atoms with Crippen molar-refractivity contribution in [2.45, 2.75) is 45.1 Å². The van der Waals surface area contributed by atoms with Crippen LogP contribution >= 0.6 is 0 Å². The summed E-state index contributed by atoms with van der Waals surface area (Å²) in [6.45, 7) is 4.81. The molecule has 1 aliphatic rings. The highest BCUT2D eigenvalue weighted by molar-refractivity contribution is 4.86. The first-order valence-corrected chi connectivity index (χ1v) is 6.52. The predicted octanol–water partition coefficient (Wildman–Crippen LogP) is 1.33. The zero-order chi connectivity index (χ0) is 11.9. The summed E-state index contributed by atoms with van der Waals surface area (Å²) >= 11 is 0. The number of likely N-dealkylation sites (N-methyl/N-ethyl adjacent to an activating group) is 1. The predicted molar refractivity (Wildman–Crippen MR) is 63.8 cm³/mol. The highest BCUT2D eigenvalue weighted by Crippen LogP contribution is 2.16. The molecule has 0 radical (unpaired) electrons. The van der Waals surface area contributed by atoms with E-state index in [1.54, 1.807) is 0 Å². The van der Waals surface area contributed by atoms with Crippen LogP contribution in [-0.2, 0) is 17.6 Å². The fraction of sp³-hybridized carbons (Fsp3) is 0.833. The monoisotopic (exact) mass is 239 g/mol. The van der Waals surface area contributed by atoms with Crippen LogP contribution < -0.4 is 5.32 Å². The van der Waals surface area contributed by atoms with E-state index in [2.05, 4.69) is 22.4 Å². The molecule has 0 spiro atoms. The fourth-order valence-corrected chi connectivity index (χ4v) is 2.01. The normalized spacial score (nSPS) is 20.6. The maximum atomic E-state index is 5.65. The van der Waals surface area contributed by atoms with E-state index in [1.807, 2.05) is 0 Å². The maximum absolute atomic E-state index is 5.65. The van der Waals surface area contributed by atoms with E-state index in [0.29, 0.717) is 5.89 Å². The molecule has 1 saturated heterocycles. The van der Waals surface area contributed by atoms with Crippen molar-refractivity contribution >= 4 is 0 Å². The molecule has 0 amide bonds. The van der Waals surface area contributed by atoms with E-state index in [0.717, 1.165) is 44.8 Å². The van der Waals surface area contributed by atoms with Gasteiger partial charge < -0.3 is 14.5 Å². The minimum Gasteiger partial charge on any atom is -0.425 e. The average Bonchev–Trinajstić information content (AvgIpc) is 2.79. The summed E-state index contributed by atoms with van der Waals surface area (Å²) in [5.74, 6) is 1.43. The molecule has 1 N–H and O–H groups in total. The van der Waals surface area contributed by atoms with Gasteiger partial charge >= 0.3 is 0 Å². The van der Waals surface area contributed by atoms with Crippen molar-refractivity contribution in [3.05, 3.63) is 11.8 Å². The van der Waals surface area contributed by atoms with Crippen molar-refractivity contribution in [3.8, 4) is 0 Å². The Morgan fingerprint density at radius 3 is 2.94 bits per heavy atom. The van der Waals surface area contributed by atoms with E-state index in [4.69, 9.17) is 9.15 Å². The maximum Gasteiger partial charge on any atom is 0.219 e. The second-order valence-corrected chi connectivity index (χ2v) is 4.39. The lowest BCUT2D eigenvalue weighted by atomic mass is 10.1. The minimum absolute atomic E-state index is 0.269. The SMILES string of the molecule is CCNCCc1nnc(CC2CCCCO2)o1. The van der Waals surface area contributed by atoms with Gasteiger partial charge in [0.1, 0.15) is 0 Å². The van der Waals surface area contributed by atoms with E-state index in [-0.39, 0.29) is 6.10 Å². The van der Waals surface area contributed by atoms with Crippen LogP contribution in [0.15, 0.2) is 4.42 Å². The van der Waals surface area contributed by atoms with Gasteiger partial charge in [-0.3, -0.25) is 0 Å². The number of rotatable bonds is 6. The first-order chi connectivity index (χ1) is 8.38. The number of ether oxygens (including phenoxy) is 1. The molecule has 17 heavy (non-hydrogen) atoms. The molecule has 0 aliphatic carbocycles. The third-order valence-corrected chi connectivity index (χ3v) is 2.95. The van der Waals surface area contributed by atoms with E-state index in [1.165, 1.54) is 12.8 Å². The Labute approximate surface area is 102 Å². The Morgan fingerprint density at radius 1 is 1.29 bits per heavy atom. The third-order valence-electron chi connectivity index (χ3n) is 2.95. The van der Waals surface area contributed by atoms with Gasteiger partial charge in [0.2, 0.25) is 11.8 Å². The smallest absolute Gasteiger partial charge is 0.219 e. The third kappa shape index (κ3) is 4.09. The summed E-state index contributed by atoms with van der Waals surface area (Å²) in [4.78, 5) is 0. The van der Waals surface area contributed by atoms with Crippen molar-refractivity contribution < 1.29 is 9.15 Å². The van der Waals surface area contributed by atoms with Crippen molar-refractivity contribution in [2.24, 2.45) is 0 Å². The van der Waals surface area contributed by atoms with Crippen molar-refractivity contribution in [3.63, 3.8) is 0 Å². The summed E-state index contributed by atoms with van der Waals surface area (Å²) in [6, 6.07) is 0. The first kappa shape index (κ1) is 12.5. The summed E-state index contributed by atoms with van der Waals surface area (Å²) in [5.41, 5.74) is 0. The topological polar surface area (TPSA) is 60.2 Å². The van der Waals surface area contributed by atoms with Gasteiger partial charge in [-0.2, -0.15) is 0 Å². The molecular formula is C12H21N3O2. The quantitative estimate of drug-likeness (QED) is 0.759. The molecule has 0 aromatic carbocycles. The summed E-state index contributed by atoms with van der Waals surface area (Å²) in [7, 11) is 0. The van der Waals surface area contributed by atoms with Crippen LogP contribution in [0.5, 0.6) is 0 Å². The Hall–Kier alpha value is -0.940. The fourth-order valence-electron chi connectivity index (χ4n) is 2.01. The molecule has 5 heteroatoms. The number of aromatic nitrogens is 2. The van der Waals surface area contributed by atoms with Crippen LogP contribution in [0.2, 0.25) is 0 Å². The van der Waals surface area contributed by atoms with E-state index < -0.39 is 0 Å². The van der Waals surface area contributed by atoms with Crippen LogP contribution in [0.25, 0.3) is 0 Å². The summed E-state index contributed by atoms with van der Waals surface area (Å²) in [5, 5.41) is 11.3. The molecular weight excluding hydrogens is 218 g/mol. The van der Waals surface area contributed by atoms with Gasteiger partial charge in [-0.15, -0.1) is 10.2 Å². The summed E-state index contributed by atoms with van der Waals surface area (Å²) in [6.07, 6.45) is 5.35. The Balaban J connectivity index is 1.76. The van der Waals surface area contributed by atoms with Crippen molar-refractivity contribution in [2.75, 3.05) is 19.7 Å². The highest BCUT2D eigenvalue weighted by atomic mass is 16.5. The van der Waals surface area contributed by atoms with Crippen molar-refractivity contribution in [1.29, 1.82) is 0 Å². The van der Waals surface area contributed by atoms with Gasteiger partial charge in [0.05, 0.1) is 12.5 Å². The number of hydrogen-bond acceptors (Lipinski definition) is 5. The largest absolute Gasteiger partial charge is 0.425 e. The molecule has 1 unspecified atom stereocenters. The van der Waals surface area contributed by atoms with Gasteiger partial charge in [0.25, 0.3) is 0 Å². The number of hydrogen-bond donors (Lipinski definition) is 1. The molecule has 1 fully saturated rings. The van der Waals surface area contributed by atoms with Crippen LogP contribution in [0, 0.1) is 0 Å². The molecule has 0 saturated carbocycles. The molecule has 1 aliphatic heterocycles. The molecule has 1 aromatic rings. The van der Waals surface area contributed by atoms with Gasteiger partial charge in [-0.1, -0.05) is 6.92 Å². The molecule has 1 atom stereocenters. The highest BCUT2D eigenvalue weighted by Gasteiger charge is 2.17. The van der Waals surface area contributed by atoms with Gasteiger partial charge in [-0.25, -0.2) is 0 Å². The van der Waals surface area contributed by atoms with Gasteiger partial charge in [-0.05, 0) is 25.8 Å². The van der Waals surface area contributed by atoms with Crippen LogP contribution in [0.1, 0.15) is 38.0 Å². The van der Waals surface area contributed by atoms with Crippen molar-refractivity contribution in [1.82, 2.24) is 15.5 Å². The molecule has 96 valence electrons. The zero-order valence-electron chi connectivity index (χ0n) is 10.4. The van der Waals surface area contributed by atoms with Gasteiger partial charge in [0, 0.05) is 19.6 Å². The Bertz CT molecular complexity index is 321. The summed E-state index contributed by atoms with van der Waals surface area (Å²) < 4.78 is 11.2. The molecule has 5 nitrogen and oxygen atoms in total. The molecule has 2 rings (SSSR count). The first-order valence-electron chi connectivity index (χ1n) is 6.52. The van der Waals surface area contributed by atoms with E-state index in [9.17, 15) is 0 Å². The molecule has 0 bridgehead atoms. The molecule has 1 aromatic heterocycles. The van der Waals surface area contributed by atoms with Crippen LogP contribution in [0.3, 0.4) is 0 Å². The molecule has 2 heterocycles. The second kappa shape index (κ2) is 6.71. The van der Waals surface area contributed by atoms with Crippen LogP contribution in [-0.4, -0.2) is 36.0 Å². The Morgan fingerprint density at radius 2 is 2.18 bits per heavy atom. The van der Waals surface area contributed by atoms with Gasteiger partial charge in [0.15, 0.2) is 0 Å². The number of nitrogens with one attached hydrogen (secondary N) is 1. The lowest BCUT2D eigenvalue weighted by Crippen LogP contribution is -2.21. The lowest BCUT2D eigenvalue weighted by molar-refractivity contribution is 0.0130. The Kier molecular flexibility index (Phi) is 4.94. The standard InChI is InChI=1S/C12H21N3O2/c1-2-13-7-6-11-14-15-12(17-11)9-10-5-3-4-8-16-10/h10,13H,2-9H2,1H3. The second-order valence-electron chi connectivity index (χ2n) is 4.39. The number of nitrogens with zero attached hydrogens (tertiary/aromatic N) is 2. The van der Waals surface area contributed by atoms with E-state index >= 15 is 0 Å². The zero-order valence-corrected chi connectivity index (χ0v) is 10.4. The lowest BCUT2D eigenvalue weighted by Gasteiger charge is -2.20. The van der Waals surface area contributed by atoms with Crippen LogP contribution in [0.4, 0.5) is 0 Å².